The van der Waals surface area contributed by atoms with E-state index in [-0.39, 0.29) is 0 Å². The molecular formula is C16H25N3. The number of nitrogens with one attached hydrogen (secondary N) is 1. The Morgan fingerprint density at radius 3 is 2.79 bits per heavy atom. The van der Waals surface area contributed by atoms with Gasteiger partial charge in [0.05, 0.1) is 5.69 Å². The number of benzene rings is 1. The molecule has 19 heavy (non-hydrogen) atoms. The first-order valence-corrected chi connectivity index (χ1v) is 7.52. The van der Waals surface area contributed by atoms with Crippen LogP contribution >= 0.6 is 0 Å². The molecule has 0 aliphatic carbocycles. The van der Waals surface area contributed by atoms with Gasteiger partial charge < -0.3 is 4.90 Å². The summed E-state index contributed by atoms with van der Waals surface area (Å²) in [5.41, 5.74) is 4.26. The fourth-order valence-corrected chi connectivity index (χ4v) is 2.41. The lowest BCUT2D eigenvalue weighted by Gasteiger charge is -2.23. The lowest BCUT2D eigenvalue weighted by molar-refractivity contribution is 0.403. The van der Waals surface area contributed by atoms with E-state index in [1.54, 1.807) is 0 Å². The summed E-state index contributed by atoms with van der Waals surface area (Å²) in [4.78, 5) is 2.46. The summed E-state index contributed by atoms with van der Waals surface area (Å²) in [6, 6.07) is 10.2. The Morgan fingerprint density at radius 1 is 1.16 bits per heavy atom. The zero-order valence-electron chi connectivity index (χ0n) is 11.9. The van der Waals surface area contributed by atoms with Gasteiger partial charge in [0.1, 0.15) is 5.84 Å². The van der Waals surface area contributed by atoms with Crippen molar-refractivity contribution in [2.75, 3.05) is 18.5 Å². The molecular weight excluding hydrogens is 234 g/mol. The van der Waals surface area contributed by atoms with Gasteiger partial charge in [-0.2, -0.15) is 5.10 Å². The topological polar surface area (TPSA) is 27.6 Å². The van der Waals surface area contributed by atoms with Crippen LogP contribution < -0.4 is 5.43 Å². The van der Waals surface area contributed by atoms with E-state index in [1.165, 1.54) is 37.9 Å². The Kier molecular flexibility index (Phi) is 5.73. The van der Waals surface area contributed by atoms with Crippen LogP contribution in [0.5, 0.6) is 0 Å². The highest BCUT2D eigenvalue weighted by atomic mass is 15.4. The molecule has 0 saturated carbocycles. The molecule has 1 aliphatic heterocycles. The molecule has 3 nitrogen and oxygen atoms in total. The minimum Gasteiger partial charge on any atom is -0.359 e. The highest BCUT2D eigenvalue weighted by molar-refractivity contribution is 5.83. The maximum atomic E-state index is 4.64. The SMILES string of the molecule is CCCCN1CCCCC/C1=N\Nc1ccccc1. The Balaban J connectivity index is 2.00. The van der Waals surface area contributed by atoms with Crippen molar-refractivity contribution < 1.29 is 0 Å². The Morgan fingerprint density at radius 2 is 2.00 bits per heavy atom. The number of hydrogen-bond donors (Lipinski definition) is 1. The van der Waals surface area contributed by atoms with Crippen LogP contribution in [-0.2, 0) is 0 Å². The van der Waals surface area contributed by atoms with E-state index in [1.807, 2.05) is 18.2 Å². The number of rotatable bonds is 5. The van der Waals surface area contributed by atoms with Gasteiger partial charge in [-0.3, -0.25) is 5.43 Å². The van der Waals surface area contributed by atoms with Gasteiger partial charge in [0.2, 0.25) is 0 Å². The average Bonchev–Trinajstić information content (AvgIpc) is 2.69. The summed E-state index contributed by atoms with van der Waals surface area (Å²) in [6.45, 7) is 4.55. The quantitative estimate of drug-likeness (QED) is 0.807. The molecule has 0 unspecified atom stereocenters. The summed E-state index contributed by atoms with van der Waals surface area (Å²) in [5.74, 6) is 1.23. The lowest BCUT2D eigenvalue weighted by atomic mass is 10.2. The summed E-state index contributed by atoms with van der Waals surface area (Å²) >= 11 is 0. The number of nitrogens with zero attached hydrogens (tertiary/aromatic N) is 2. The third-order valence-electron chi connectivity index (χ3n) is 3.56. The van der Waals surface area contributed by atoms with Crippen molar-refractivity contribution in [3.8, 4) is 0 Å². The molecule has 0 atom stereocenters. The minimum atomic E-state index is 1.06. The van der Waals surface area contributed by atoms with Gasteiger partial charge in [0.25, 0.3) is 0 Å². The summed E-state index contributed by atoms with van der Waals surface area (Å²) in [7, 11) is 0. The third-order valence-corrected chi connectivity index (χ3v) is 3.56. The number of unbranched alkanes of at least 4 members (excludes halogenated alkanes) is 1. The Labute approximate surface area is 116 Å². The molecule has 1 aromatic rings. The summed E-state index contributed by atoms with van der Waals surface area (Å²) in [5, 5.41) is 4.64. The maximum absolute atomic E-state index is 4.64. The monoisotopic (exact) mass is 259 g/mol. The molecule has 1 aromatic carbocycles. The third kappa shape index (κ3) is 4.58. The van der Waals surface area contributed by atoms with E-state index in [2.05, 4.69) is 34.5 Å². The summed E-state index contributed by atoms with van der Waals surface area (Å²) in [6.07, 6.45) is 7.49. The van der Waals surface area contributed by atoms with Gasteiger partial charge >= 0.3 is 0 Å². The largest absolute Gasteiger partial charge is 0.359 e. The van der Waals surface area contributed by atoms with Gasteiger partial charge in [-0.1, -0.05) is 38.0 Å². The van der Waals surface area contributed by atoms with Crippen molar-refractivity contribution in [3.05, 3.63) is 30.3 Å². The number of amidine groups is 1. The summed E-state index contributed by atoms with van der Waals surface area (Å²) < 4.78 is 0. The standard InChI is InChI=1S/C16H25N3/c1-2-3-13-19-14-9-5-8-12-16(19)18-17-15-10-6-4-7-11-15/h4,6-7,10-11,17H,2-3,5,8-9,12-14H2,1H3/b18-16+. The van der Waals surface area contributed by atoms with Crippen molar-refractivity contribution in [1.82, 2.24) is 4.90 Å². The molecule has 0 aromatic heterocycles. The highest BCUT2D eigenvalue weighted by Crippen LogP contribution is 2.14. The van der Waals surface area contributed by atoms with Crippen LogP contribution in [-0.4, -0.2) is 23.8 Å². The van der Waals surface area contributed by atoms with Gasteiger partial charge in [-0.25, -0.2) is 0 Å². The second kappa shape index (κ2) is 7.82. The molecule has 1 heterocycles. The molecule has 0 amide bonds. The van der Waals surface area contributed by atoms with Crippen LogP contribution in [0.15, 0.2) is 35.4 Å². The van der Waals surface area contributed by atoms with E-state index in [9.17, 15) is 0 Å². The molecule has 104 valence electrons. The van der Waals surface area contributed by atoms with Crippen molar-refractivity contribution in [2.45, 2.75) is 45.4 Å². The lowest BCUT2D eigenvalue weighted by Crippen LogP contribution is -2.32. The number of para-hydroxylation sites is 1. The van der Waals surface area contributed by atoms with Crippen LogP contribution in [0.1, 0.15) is 45.4 Å². The Bertz CT molecular complexity index is 386. The van der Waals surface area contributed by atoms with Crippen LogP contribution in [0.3, 0.4) is 0 Å². The molecule has 1 aliphatic rings. The van der Waals surface area contributed by atoms with E-state index in [0.29, 0.717) is 0 Å². The van der Waals surface area contributed by atoms with Gasteiger partial charge in [0, 0.05) is 19.5 Å². The van der Waals surface area contributed by atoms with Crippen molar-refractivity contribution >= 4 is 11.5 Å². The molecule has 1 N–H and O–H groups in total. The van der Waals surface area contributed by atoms with Crippen LogP contribution in [0, 0.1) is 0 Å². The van der Waals surface area contributed by atoms with Gasteiger partial charge in [-0.15, -0.1) is 0 Å². The second-order valence-corrected chi connectivity index (χ2v) is 5.16. The van der Waals surface area contributed by atoms with Gasteiger partial charge in [-0.05, 0) is 31.4 Å². The van der Waals surface area contributed by atoms with Gasteiger partial charge in [0.15, 0.2) is 0 Å². The molecule has 0 radical (unpaired) electrons. The first kappa shape index (κ1) is 13.9. The van der Waals surface area contributed by atoms with Crippen LogP contribution in [0.25, 0.3) is 0 Å². The van der Waals surface area contributed by atoms with E-state index in [4.69, 9.17) is 0 Å². The second-order valence-electron chi connectivity index (χ2n) is 5.16. The van der Waals surface area contributed by atoms with Crippen molar-refractivity contribution in [1.29, 1.82) is 0 Å². The zero-order valence-corrected chi connectivity index (χ0v) is 11.9. The number of hydrazone groups is 1. The Hall–Kier alpha value is -1.51. The number of hydrogen-bond acceptors (Lipinski definition) is 2. The van der Waals surface area contributed by atoms with Crippen molar-refractivity contribution in [3.63, 3.8) is 0 Å². The zero-order chi connectivity index (χ0) is 13.3. The predicted molar refractivity (Wildman–Crippen MR) is 82.4 cm³/mol. The average molecular weight is 259 g/mol. The smallest absolute Gasteiger partial charge is 0.125 e. The number of anilines is 1. The molecule has 0 bridgehead atoms. The molecule has 3 heteroatoms. The van der Waals surface area contributed by atoms with Crippen molar-refractivity contribution in [2.24, 2.45) is 5.10 Å². The van der Waals surface area contributed by atoms with Crippen LogP contribution in [0.2, 0.25) is 0 Å². The van der Waals surface area contributed by atoms with Crippen LogP contribution in [0.4, 0.5) is 5.69 Å². The van der Waals surface area contributed by atoms with E-state index >= 15 is 0 Å². The minimum absolute atomic E-state index is 1.06. The molecule has 0 spiro atoms. The normalized spacial score (nSPS) is 18.4. The predicted octanol–water partition coefficient (Wildman–Crippen LogP) is 4.09. The first-order valence-electron chi connectivity index (χ1n) is 7.52. The molecule has 1 saturated heterocycles. The molecule has 2 rings (SSSR count). The molecule has 1 fully saturated rings. The van der Waals surface area contributed by atoms with E-state index < -0.39 is 0 Å². The maximum Gasteiger partial charge on any atom is 0.125 e. The highest BCUT2D eigenvalue weighted by Gasteiger charge is 2.14. The van der Waals surface area contributed by atoms with E-state index in [0.717, 1.165) is 25.2 Å². The number of likely N-dealkylation sites (tertiary alicyclic amines) is 1. The fourth-order valence-electron chi connectivity index (χ4n) is 2.41. The fraction of sp³-hybridized carbons (Fsp3) is 0.562. The first-order chi connectivity index (χ1) is 9.40.